The van der Waals surface area contributed by atoms with Gasteiger partial charge in [0.25, 0.3) is 5.69 Å². The monoisotopic (exact) mass is 260 g/mol. The van der Waals surface area contributed by atoms with E-state index in [9.17, 15) is 10.1 Å². The molecule has 6 heteroatoms. The number of rotatable bonds is 5. The Labute approximate surface area is 110 Å². The van der Waals surface area contributed by atoms with Crippen LogP contribution in [0.3, 0.4) is 0 Å². The third kappa shape index (κ3) is 2.63. The summed E-state index contributed by atoms with van der Waals surface area (Å²) in [4.78, 5) is 18.0. The summed E-state index contributed by atoms with van der Waals surface area (Å²) < 4.78 is 0. The maximum absolute atomic E-state index is 11.0. The zero-order chi connectivity index (χ0) is 13.8. The van der Waals surface area contributed by atoms with Gasteiger partial charge < -0.3 is 10.7 Å². The minimum atomic E-state index is -0.393. The van der Waals surface area contributed by atoms with E-state index in [1.165, 1.54) is 6.07 Å². The van der Waals surface area contributed by atoms with Crippen LogP contribution in [0.5, 0.6) is 0 Å². The van der Waals surface area contributed by atoms with Crippen molar-refractivity contribution in [3.8, 4) is 11.3 Å². The Morgan fingerprint density at radius 1 is 1.47 bits per heavy atom. The van der Waals surface area contributed by atoms with Crippen LogP contribution in [0.15, 0.2) is 30.5 Å². The highest BCUT2D eigenvalue weighted by atomic mass is 16.6. The summed E-state index contributed by atoms with van der Waals surface area (Å²) in [6.45, 7) is 2.53. The van der Waals surface area contributed by atoms with Gasteiger partial charge >= 0.3 is 0 Å². The number of nitrogens with one attached hydrogen (secondary N) is 1. The van der Waals surface area contributed by atoms with Gasteiger partial charge in [-0.1, -0.05) is 19.1 Å². The molecule has 3 N–H and O–H groups in total. The second-order valence-corrected chi connectivity index (χ2v) is 4.30. The molecule has 0 saturated carbocycles. The normalized spacial score (nSPS) is 12.3. The fourth-order valence-corrected chi connectivity index (χ4v) is 2.01. The van der Waals surface area contributed by atoms with Crippen LogP contribution >= 0.6 is 0 Å². The first-order valence-electron chi connectivity index (χ1n) is 6.16. The predicted molar refractivity (Wildman–Crippen MR) is 72.8 cm³/mol. The average Bonchev–Trinajstić information content (AvgIpc) is 2.89. The molecule has 0 fully saturated rings. The number of nitro groups is 1. The molecule has 1 unspecified atom stereocenters. The molecule has 1 aromatic carbocycles. The van der Waals surface area contributed by atoms with Gasteiger partial charge in [0.1, 0.15) is 5.82 Å². The van der Waals surface area contributed by atoms with Gasteiger partial charge in [-0.3, -0.25) is 10.1 Å². The second-order valence-electron chi connectivity index (χ2n) is 4.30. The maximum Gasteiger partial charge on any atom is 0.278 e. The van der Waals surface area contributed by atoms with Gasteiger partial charge in [-0.15, -0.1) is 0 Å². The van der Waals surface area contributed by atoms with Gasteiger partial charge in [0, 0.05) is 18.5 Å². The molecular weight excluding hydrogens is 244 g/mol. The summed E-state index contributed by atoms with van der Waals surface area (Å²) in [5, 5.41) is 11.0. The Hall–Kier alpha value is -2.21. The van der Waals surface area contributed by atoms with Crippen LogP contribution in [0.2, 0.25) is 0 Å². The molecule has 0 amide bonds. The van der Waals surface area contributed by atoms with Crippen molar-refractivity contribution >= 4 is 5.69 Å². The van der Waals surface area contributed by atoms with Crippen LogP contribution in [-0.2, 0) is 0 Å². The minimum absolute atomic E-state index is 0.0681. The molecule has 0 radical (unpaired) electrons. The first-order valence-corrected chi connectivity index (χ1v) is 6.16. The van der Waals surface area contributed by atoms with Crippen molar-refractivity contribution in [2.24, 2.45) is 5.73 Å². The fourth-order valence-electron chi connectivity index (χ4n) is 2.01. The van der Waals surface area contributed by atoms with Crippen LogP contribution in [0.25, 0.3) is 11.3 Å². The number of para-hydroxylation sites is 1. The van der Waals surface area contributed by atoms with Crippen LogP contribution < -0.4 is 5.73 Å². The fraction of sp³-hybridized carbons (Fsp3) is 0.308. The number of H-pyrrole nitrogens is 1. The zero-order valence-electron chi connectivity index (χ0n) is 10.7. The summed E-state index contributed by atoms with van der Waals surface area (Å²) in [6, 6.07) is 6.60. The molecule has 1 atom stereocenters. The largest absolute Gasteiger partial charge is 0.342 e. The molecule has 1 heterocycles. The molecule has 6 nitrogen and oxygen atoms in total. The van der Waals surface area contributed by atoms with E-state index < -0.39 is 4.92 Å². The number of aromatic amines is 1. The first-order chi connectivity index (χ1) is 9.17. The SMILES string of the molecule is CCC(CN)c1ncc(-c2ccccc2[N+](=O)[O-])[nH]1. The third-order valence-corrected chi connectivity index (χ3v) is 3.15. The van der Waals surface area contributed by atoms with E-state index in [4.69, 9.17) is 5.73 Å². The van der Waals surface area contributed by atoms with E-state index in [1.54, 1.807) is 24.4 Å². The Morgan fingerprint density at radius 2 is 2.21 bits per heavy atom. The minimum Gasteiger partial charge on any atom is -0.342 e. The molecule has 100 valence electrons. The van der Waals surface area contributed by atoms with E-state index in [1.807, 2.05) is 6.92 Å². The van der Waals surface area contributed by atoms with Crippen molar-refractivity contribution in [2.75, 3.05) is 6.54 Å². The lowest BCUT2D eigenvalue weighted by molar-refractivity contribution is -0.384. The number of benzene rings is 1. The van der Waals surface area contributed by atoms with Gasteiger partial charge in [0.15, 0.2) is 0 Å². The molecule has 0 bridgehead atoms. The van der Waals surface area contributed by atoms with E-state index in [2.05, 4.69) is 9.97 Å². The van der Waals surface area contributed by atoms with Crippen LogP contribution in [0.1, 0.15) is 25.1 Å². The van der Waals surface area contributed by atoms with Gasteiger partial charge in [-0.2, -0.15) is 0 Å². The van der Waals surface area contributed by atoms with Gasteiger partial charge in [0.2, 0.25) is 0 Å². The molecule has 0 aliphatic carbocycles. The van der Waals surface area contributed by atoms with E-state index in [0.29, 0.717) is 17.8 Å². The maximum atomic E-state index is 11.0. The molecule has 19 heavy (non-hydrogen) atoms. The average molecular weight is 260 g/mol. The molecular formula is C13H16N4O2. The topological polar surface area (TPSA) is 97.8 Å². The van der Waals surface area contributed by atoms with Crippen molar-refractivity contribution in [2.45, 2.75) is 19.3 Å². The smallest absolute Gasteiger partial charge is 0.278 e. The summed E-state index contributed by atoms with van der Waals surface area (Å²) in [5.74, 6) is 0.926. The Bertz CT molecular complexity index is 576. The number of aromatic nitrogens is 2. The zero-order valence-corrected chi connectivity index (χ0v) is 10.7. The van der Waals surface area contributed by atoms with E-state index in [-0.39, 0.29) is 11.6 Å². The molecule has 0 spiro atoms. The van der Waals surface area contributed by atoms with Crippen molar-refractivity contribution in [1.82, 2.24) is 9.97 Å². The number of imidazole rings is 1. The summed E-state index contributed by atoms with van der Waals surface area (Å²) in [5.41, 5.74) is 6.93. The quantitative estimate of drug-likeness (QED) is 0.637. The highest BCUT2D eigenvalue weighted by Gasteiger charge is 2.18. The summed E-state index contributed by atoms with van der Waals surface area (Å²) >= 11 is 0. The van der Waals surface area contributed by atoms with Gasteiger partial charge in [-0.25, -0.2) is 4.98 Å². The number of nitrogens with zero attached hydrogens (tertiary/aromatic N) is 2. The molecule has 0 saturated heterocycles. The third-order valence-electron chi connectivity index (χ3n) is 3.15. The molecule has 0 aliphatic heterocycles. The molecule has 2 aromatic rings. The molecule has 1 aromatic heterocycles. The standard InChI is InChI=1S/C13H16N4O2/c1-2-9(7-14)13-15-8-11(16-13)10-5-3-4-6-12(10)17(18)19/h3-6,8-9H,2,7,14H2,1H3,(H,15,16). The van der Waals surface area contributed by atoms with Gasteiger partial charge in [0.05, 0.1) is 22.4 Å². The number of nitro benzene ring substituents is 1. The number of nitrogens with two attached hydrogens (primary N) is 1. The van der Waals surface area contributed by atoms with Gasteiger partial charge in [-0.05, 0) is 12.5 Å². The van der Waals surface area contributed by atoms with Crippen LogP contribution in [0, 0.1) is 10.1 Å². The number of hydrogen-bond acceptors (Lipinski definition) is 4. The summed E-state index contributed by atoms with van der Waals surface area (Å²) in [6.07, 6.45) is 2.50. The lowest BCUT2D eigenvalue weighted by Crippen LogP contribution is -2.12. The second kappa shape index (κ2) is 5.62. The molecule has 0 aliphatic rings. The van der Waals surface area contributed by atoms with Crippen LogP contribution in [0.4, 0.5) is 5.69 Å². The van der Waals surface area contributed by atoms with Crippen LogP contribution in [-0.4, -0.2) is 21.4 Å². The molecule has 2 rings (SSSR count). The van der Waals surface area contributed by atoms with Crippen molar-refractivity contribution < 1.29 is 4.92 Å². The highest BCUT2D eigenvalue weighted by Crippen LogP contribution is 2.29. The Morgan fingerprint density at radius 3 is 2.84 bits per heavy atom. The lowest BCUT2D eigenvalue weighted by atomic mass is 10.1. The Kier molecular flexibility index (Phi) is 3.91. The van der Waals surface area contributed by atoms with Crippen molar-refractivity contribution in [3.05, 3.63) is 46.4 Å². The number of hydrogen-bond donors (Lipinski definition) is 2. The first kappa shape index (κ1) is 13.2. The summed E-state index contributed by atoms with van der Waals surface area (Å²) in [7, 11) is 0. The Balaban J connectivity index is 2.41. The van der Waals surface area contributed by atoms with E-state index >= 15 is 0 Å². The van der Waals surface area contributed by atoms with E-state index in [0.717, 1.165) is 12.2 Å². The lowest BCUT2D eigenvalue weighted by Gasteiger charge is -2.07. The van der Waals surface area contributed by atoms with Crippen molar-refractivity contribution in [1.29, 1.82) is 0 Å². The van der Waals surface area contributed by atoms with Crippen molar-refractivity contribution in [3.63, 3.8) is 0 Å². The highest BCUT2D eigenvalue weighted by molar-refractivity contribution is 5.70. The predicted octanol–water partition coefficient (Wildman–Crippen LogP) is 2.44.